The molecular formula is C20H16ClF3N4O3S. The van der Waals surface area contributed by atoms with Crippen molar-refractivity contribution in [3.63, 3.8) is 0 Å². The second kappa shape index (κ2) is 8.75. The molecule has 0 radical (unpaired) electrons. The number of carbonyl (C=O) groups is 1. The molecule has 7 nitrogen and oxygen atoms in total. The molecular weight excluding hydrogens is 469 g/mol. The number of nitrogens with zero attached hydrogens (tertiary/aromatic N) is 3. The number of nitrogens with one attached hydrogen (secondary N) is 1. The van der Waals surface area contributed by atoms with Gasteiger partial charge >= 0.3 is 6.18 Å². The van der Waals surface area contributed by atoms with E-state index >= 15 is 0 Å². The number of aromatic nitrogens is 2. The van der Waals surface area contributed by atoms with E-state index in [0.717, 1.165) is 12.1 Å². The molecule has 1 aromatic carbocycles. The first-order valence-corrected chi connectivity index (χ1v) is 10.8. The molecule has 0 aliphatic carbocycles. The molecule has 0 aliphatic heterocycles. The van der Waals surface area contributed by atoms with Gasteiger partial charge < -0.3 is 0 Å². The van der Waals surface area contributed by atoms with Crippen LogP contribution in [0.1, 0.15) is 21.7 Å². The monoisotopic (exact) mass is 484 g/mol. The van der Waals surface area contributed by atoms with E-state index in [1.165, 1.54) is 30.3 Å². The first-order valence-electron chi connectivity index (χ1n) is 8.96. The lowest BCUT2D eigenvalue weighted by atomic mass is 10.2. The highest BCUT2D eigenvalue weighted by Gasteiger charge is 2.34. The molecule has 0 aliphatic rings. The number of amides is 1. The number of halogens is 4. The summed E-state index contributed by atoms with van der Waals surface area (Å²) in [4.78, 5) is 21.6. The maximum atomic E-state index is 13.1. The van der Waals surface area contributed by atoms with Gasteiger partial charge in [0.2, 0.25) is 0 Å². The van der Waals surface area contributed by atoms with Gasteiger partial charge in [0, 0.05) is 18.9 Å². The molecule has 2 aromatic heterocycles. The molecule has 2 heterocycles. The minimum absolute atomic E-state index is 0.208. The zero-order chi connectivity index (χ0) is 23.7. The van der Waals surface area contributed by atoms with Crippen molar-refractivity contribution >= 4 is 39.0 Å². The summed E-state index contributed by atoms with van der Waals surface area (Å²) in [6.07, 6.45) is -3.56. The number of aryl methyl sites for hydroxylation is 1. The summed E-state index contributed by atoms with van der Waals surface area (Å²) in [6, 6.07) is 9.87. The van der Waals surface area contributed by atoms with E-state index in [2.05, 4.69) is 14.7 Å². The van der Waals surface area contributed by atoms with Gasteiger partial charge in [0.25, 0.3) is 15.9 Å². The normalized spacial score (nSPS) is 11.8. The van der Waals surface area contributed by atoms with Crippen LogP contribution in [0.25, 0.3) is 0 Å². The molecule has 0 saturated heterocycles. The Bertz CT molecular complexity index is 1280. The fourth-order valence-electron chi connectivity index (χ4n) is 2.73. The molecule has 3 aromatic rings. The number of benzene rings is 1. The van der Waals surface area contributed by atoms with Gasteiger partial charge in [-0.3, -0.25) is 14.4 Å². The Hall–Kier alpha value is -3.18. The second-order valence-electron chi connectivity index (χ2n) is 6.65. The van der Waals surface area contributed by atoms with Gasteiger partial charge in [0.1, 0.15) is 5.82 Å². The maximum Gasteiger partial charge on any atom is 0.417 e. The smallest absolute Gasteiger partial charge is 0.294 e. The number of rotatable bonds is 5. The van der Waals surface area contributed by atoms with Crippen molar-refractivity contribution in [2.24, 2.45) is 0 Å². The molecule has 0 fully saturated rings. The average molecular weight is 485 g/mol. The van der Waals surface area contributed by atoms with Crippen molar-refractivity contribution in [3.05, 3.63) is 76.7 Å². The number of pyridine rings is 2. The van der Waals surface area contributed by atoms with E-state index in [1.807, 2.05) is 0 Å². The minimum Gasteiger partial charge on any atom is -0.294 e. The lowest BCUT2D eigenvalue weighted by Crippen LogP contribution is -2.29. The highest BCUT2D eigenvalue weighted by Crippen LogP contribution is 2.36. The largest absolute Gasteiger partial charge is 0.417 e. The molecule has 1 N–H and O–H groups in total. The predicted molar refractivity (Wildman–Crippen MR) is 113 cm³/mol. The molecule has 0 saturated carbocycles. The SMILES string of the molecule is Cc1cccc(N(C)C(=O)c2ncccc2NS(=O)(=O)c2ccc(Cl)c(C(F)(F)F)c2)n1. The first kappa shape index (κ1) is 23.5. The summed E-state index contributed by atoms with van der Waals surface area (Å²) in [5, 5.41) is -0.638. The van der Waals surface area contributed by atoms with E-state index in [4.69, 9.17) is 11.6 Å². The van der Waals surface area contributed by atoms with Gasteiger partial charge in [-0.1, -0.05) is 17.7 Å². The van der Waals surface area contributed by atoms with Crippen molar-refractivity contribution in [2.75, 3.05) is 16.7 Å². The van der Waals surface area contributed by atoms with Crippen molar-refractivity contribution in [3.8, 4) is 0 Å². The maximum absolute atomic E-state index is 13.1. The number of hydrogen-bond acceptors (Lipinski definition) is 5. The molecule has 0 bridgehead atoms. The lowest BCUT2D eigenvalue weighted by molar-refractivity contribution is -0.137. The fraction of sp³-hybridized carbons (Fsp3) is 0.150. The Morgan fingerprint density at radius 3 is 2.50 bits per heavy atom. The predicted octanol–water partition coefficient (Wildman–Crippen LogP) is 4.53. The Morgan fingerprint density at radius 2 is 1.84 bits per heavy atom. The Morgan fingerprint density at radius 1 is 1.12 bits per heavy atom. The standard InChI is InChI=1S/C20H16ClF3N4O3S/c1-12-5-3-7-17(26-12)28(2)19(29)18-16(6-4-10-25-18)27-32(30,31)13-8-9-15(21)14(11-13)20(22,23)24/h3-11,27H,1-2H3. The number of carbonyl (C=O) groups excluding carboxylic acids is 1. The topological polar surface area (TPSA) is 92.3 Å². The van der Waals surface area contributed by atoms with E-state index in [-0.39, 0.29) is 11.4 Å². The summed E-state index contributed by atoms with van der Waals surface area (Å²) < 4.78 is 67.0. The third-order valence-electron chi connectivity index (χ3n) is 4.33. The van der Waals surface area contributed by atoms with Crippen LogP contribution in [0.2, 0.25) is 5.02 Å². The van der Waals surface area contributed by atoms with Crippen LogP contribution >= 0.6 is 11.6 Å². The van der Waals surface area contributed by atoms with Crippen LogP contribution in [-0.2, 0) is 16.2 Å². The minimum atomic E-state index is -4.85. The Balaban J connectivity index is 1.96. The number of anilines is 2. The summed E-state index contributed by atoms with van der Waals surface area (Å²) in [5.74, 6) is -0.365. The molecule has 0 unspecified atom stereocenters. The number of alkyl halides is 3. The Labute approximate surface area is 186 Å². The molecule has 168 valence electrons. The summed E-state index contributed by atoms with van der Waals surface area (Å²) in [5.41, 5.74) is -1.10. The van der Waals surface area contributed by atoms with Crippen LogP contribution in [0.4, 0.5) is 24.7 Å². The van der Waals surface area contributed by atoms with Crippen molar-refractivity contribution in [1.82, 2.24) is 9.97 Å². The average Bonchev–Trinajstić information content (AvgIpc) is 2.72. The zero-order valence-electron chi connectivity index (χ0n) is 16.7. The van der Waals surface area contributed by atoms with Gasteiger partial charge in [-0.2, -0.15) is 13.2 Å². The molecule has 12 heteroatoms. The van der Waals surface area contributed by atoms with Gasteiger partial charge in [-0.25, -0.2) is 18.4 Å². The quantitative estimate of drug-likeness (QED) is 0.574. The van der Waals surface area contributed by atoms with Gasteiger partial charge in [-0.05, 0) is 49.4 Å². The van der Waals surface area contributed by atoms with Crippen LogP contribution in [0, 0.1) is 6.92 Å². The van der Waals surface area contributed by atoms with Gasteiger partial charge in [0.05, 0.1) is 21.2 Å². The Kier molecular flexibility index (Phi) is 6.42. The highest BCUT2D eigenvalue weighted by atomic mass is 35.5. The van der Waals surface area contributed by atoms with Crippen LogP contribution in [0.15, 0.2) is 59.6 Å². The third kappa shape index (κ3) is 5.00. The summed E-state index contributed by atoms with van der Waals surface area (Å²) >= 11 is 5.56. The van der Waals surface area contributed by atoms with Crippen LogP contribution in [-0.4, -0.2) is 31.3 Å². The second-order valence-corrected chi connectivity index (χ2v) is 8.74. The van der Waals surface area contributed by atoms with Crippen molar-refractivity contribution in [2.45, 2.75) is 18.0 Å². The lowest BCUT2D eigenvalue weighted by Gasteiger charge is -2.18. The van der Waals surface area contributed by atoms with Crippen molar-refractivity contribution in [1.29, 1.82) is 0 Å². The van der Waals surface area contributed by atoms with Gasteiger partial charge in [-0.15, -0.1) is 0 Å². The molecule has 3 rings (SSSR count). The van der Waals surface area contributed by atoms with Crippen LogP contribution in [0.3, 0.4) is 0 Å². The molecule has 1 amide bonds. The number of sulfonamides is 1. The zero-order valence-corrected chi connectivity index (χ0v) is 18.3. The first-order chi connectivity index (χ1) is 14.9. The molecule has 0 atom stereocenters. The number of hydrogen-bond donors (Lipinski definition) is 1. The van der Waals surface area contributed by atoms with Gasteiger partial charge in [0.15, 0.2) is 5.69 Å². The summed E-state index contributed by atoms with van der Waals surface area (Å²) in [6.45, 7) is 1.74. The highest BCUT2D eigenvalue weighted by molar-refractivity contribution is 7.92. The van der Waals surface area contributed by atoms with Crippen molar-refractivity contribution < 1.29 is 26.4 Å². The van der Waals surface area contributed by atoms with Crippen LogP contribution < -0.4 is 9.62 Å². The van der Waals surface area contributed by atoms with E-state index < -0.39 is 37.6 Å². The fourth-order valence-corrected chi connectivity index (χ4v) is 4.05. The van der Waals surface area contributed by atoms with Crippen LogP contribution in [0.5, 0.6) is 0 Å². The summed E-state index contributed by atoms with van der Waals surface area (Å²) in [7, 11) is -3.06. The molecule has 0 spiro atoms. The van der Waals surface area contributed by atoms with E-state index in [1.54, 1.807) is 25.1 Å². The third-order valence-corrected chi connectivity index (χ3v) is 6.02. The van der Waals surface area contributed by atoms with E-state index in [9.17, 15) is 26.4 Å². The van der Waals surface area contributed by atoms with E-state index in [0.29, 0.717) is 17.6 Å². The molecule has 32 heavy (non-hydrogen) atoms.